The van der Waals surface area contributed by atoms with Gasteiger partial charge >= 0.3 is 0 Å². The first-order valence-corrected chi connectivity index (χ1v) is 17.1. The van der Waals surface area contributed by atoms with Gasteiger partial charge in [-0.2, -0.15) is 0 Å². The number of amides is 2. The Morgan fingerprint density at radius 3 is 2.26 bits per heavy atom. The third kappa shape index (κ3) is 7.13. The monoisotopic (exact) mass is 657 g/mol. The molecule has 0 radical (unpaired) electrons. The molecule has 6 rings (SSSR count). The molecule has 2 amide bonds. The van der Waals surface area contributed by atoms with Crippen LogP contribution in [0.3, 0.4) is 0 Å². The molecule has 1 saturated carbocycles. The lowest BCUT2D eigenvalue weighted by Gasteiger charge is -2.39. The molecule has 2 aliphatic heterocycles. The summed E-state index contributed by atoms with van der Waals surface area (Å²) < 4.78 is 11.8. The largest absolute Gasteiger partial charge is 0.493 e. The lowest BCUT2D eigenvalue weighted by molar-refractivity contribution is -0.143. The fourth-order valence-corrected chi connectivity index (χ4v) is 7.53. The van der Waals surface area contributed by atoms with Crippen LogP contribution < -0.4 is 19.3 Å². The molecule has 8 nitrogen and oxygen atoms in total. The van der Waals surface area contributed by atoms with E-state index in [0.717, 1.165) is 60.3 Å². The number of rotatable bonds is 9. The Bertz CT molecular complexity index is 1620. The van der Waals surface area contributed by atoms with Crippen LogP contribution in [0.2, 0.25) is 5.02 Å². The van der Waals surface area contributed by atoms with Crippen LogP contribution in [-0.4, -0.2) is 61.9 Å². The van der Waals surface area contributed by atoms with Gasteiger partial charge < -0.3 is 24.2 Å². The first-order valence-electron chi connectivity index (χ1n) is 16.7. The van der Waals surface area contributed by atoms with Crippen molar-refractivity contribution in [1.82, 2.24) is 4.90 Å². The number of likely N-dealkylation sites (tertiary alicyclic amines) is 1. The van der Waals surface area contributed by atoms with E-state index in [1.807, 2.05) is 72.2 Å². The second kappa shape index (κ2) is 14.0. The van der Waals surface area contributed by atoms with E-state index in [1.165, 1.54) is 0 Å². The van der Waals surface area contributed by atoms with Gasteiger partial charge in [0.1, 0.15) is 0 Å². The highest BCUT2D eigenvalue weighted by molar-refractivity contribution is 6.30. The van der Waals surface area contributed by atoms with Crippen LogP contribution >= 0.6 is 11.6 Å². The standard InChI is InChI=1S/C38H44ClN3O5/c1-24(2)47-35-21-33-27(19-34(35)46-4)20-37(45)42(38(33)26-7-9-28(39)10-8-26)31-15-13-29(14-16-31)40(3)22-25-5-11-30(12-6-25)41-23-32(43)17-18-36(41)44/h7-10,13-16,19,21,24-25,30,38H,5-6,11-12,17-18,20,22-23H2,1-4H3/t25?,30?,38-/m0/s1. The molecule has 0 unspecified atom stereocenters. The lowest BCUT2D eigenvalue weighted by atomic mass is 9.84. The van der Waals surface area contributed by atoms with E-state index >= 15 is 0 Å². The SMILES string of the molecule is COc1cc2c(cc1OC(C)C)[C@H](c1ccc(Cl)cc1)N(c1ccc(N(C)CC3CCC(N4CC(=O)CCC4=O)CC3)cc1)C(=O)C2. The van der Waals surface area contributed by atoms with Gasteiger partial charge in [0.25, 0.3) is 0 Å². The molecule has 3 aromatic rings. The number of carbonyl (C=O) groups is 3. The van der Waals surface area contributed by atoms with E-state index in [2.05, 4.69) is 24.1 Å². The van der Waals surface area contributed by atoms with Crippen molar-refractivity contribution in [2.75, 3.05) is 37.0 Å². The van der Waals surface area contributed by atoms with Crippen LogP contribution in [0.25, 0.3) is 0 Å². The summed E-state index contributed by atoms with van der Waals surface area (Å²) in [5.41, 5.74) is 4.77. The van der Waals surface area contributed by atoms with Crippen molar-refractivity contribution in [2.45, 2.75) is 77.0 Å². The average molecular weight is 658 g/mol. The van der Waals surface area contributed by atoms with Crippen LogP contribution in [-0.2, 0) is 20.8 Å². The number of hydrogen-bond donors (Lipinski definition) is 0. The highest BCUT2D eigenvalue weighted by Crippen LogP contribution is 2.44. The maximum Gasteiger partial charge on any atom is 0.232 e. The molecule has 248 valence electrons. The van der Waals surface area contributed by atoms with Crippen LogP contribution in [0.5, 0.6) is 11.5 Å². The van der Waals surface area contributed by atoms with Gasteiger partial charge in [0, 0.05) is 48.9 Å². The molecule has 0 N–H and O–H groups in total. The zero-order chi connectivity index (χ0) is 33.2. The Balaban J connectivity index is 1.21. The average Bonchev–Trinajstić information content (AvgIpc) is 3.06. The van der Waals surface area contributed by atoms with Crippen molar-refractivity contribution in [3.63, 3.8) is 0 Å². The van der Waals surface area contributed by atoms with Crippen LogP contribution in [0.1, 0.15) is 75.1 Å². The van der Waals surface area contributed by atoms with Gasteiger partial charge in [-0.05, 0) is 111 Å². The first kappa shape index (κ1) is 32.9. The summed E-state index contributed by atoms with van der Waals surface area (Å²) >= 11 is 6.28. The van der Waals surface area contributed by atoms with Gasteiger partial charge in [-0.15, -0.1) is 0 Å². The van der Waals surface area contributed by atoms with Crippen molar-refractivity contribution < 1.29 is 23.9 Å². The number of nitrogens with zero attached hydrogens (tertiary/aromatic N) is 3. The summed E-state index contributed by atoms with van der Waals surface area (Å²) in [6, 6.07) is 19.7. The number of piperidine rings is 1. The number of ketones is 1. The van der Waals surface area contributed by atoms with Gasteiger partial charge in [-0.1, -0.05) is 23.7 Å². The second-order valence-electron chi connectivity index (χ2n) is 13.4. The molecule has 3 aromatic carbocycles. The first-order chi connectivity index (χ1) is 22.6. The zero-order valence-electron chi connectivity index (χ0n) is 27.7. The molecule has 3 aliphatic rings. The van der Waals surface area contributed by atoms with Crippen molar-refractivity contribution in [2.24, 2.45) is 5.92 Å². The third-order valence-corrected chi connectivity index (χ3v) is 10.0. The normalized spacial score (nSPS) is 21.6. The summed E-state index contributed by atoms with van der Waals surface area (Å²) in [5, 5.41) is 0.636. The fourth-order valence-electron chi connectivity index (χ4n) is 7.41. The molecule has 1 aliphatic carbocycles. The fraction of sp³-hybridized carbons (Fsp3) is 0.447. The Morgan fingerprint density at radius 2 is 1.60 bits per heavy atom. The van der Waals surface area contributed by atoms with E-state index in [4.69, 9.17) is 21.1 Å². The van der Waals surface area contributed by atoms with Crippen molar-refractivity contribution in [1.29, 1.82) is 0 Å². The number of Topliss-reactive ketones (excluding diaryl/α,β-unsaturated/α-hetero) is 1. The van der Waals surface area contributed by atoms with E-state index in [9.17, 15) is 14.4 Å². The number of ether oxygens (including phenoxy) is 2. The Labute approximate surface area is 282 Å². The van der Waals surface area contributed by atoms with Crippen LogP contribution in [0.15, 0.2) is 60.7 Å². The van der Waals surface area contributed by atoms with Gasteiger partial charge in [0.05, 0.1) is 32.2 Å². The minimum absolute atomic E-state index is 0.00350. The summed E-state index contributed by atoms with van der Waals surface area (Å²) in [7, 11) is 3.73. The summed E-state index contributed by atoms with van der Waals surface area (Å²) in [4.78, 5) is 44.3. The minimum Gasteiger partial charge on any atom is -0.493 e. The van der Waals surface area contributed by atoms with E-state index in [1.54, 1.807) is 7.11 Å². The lowest BCUT2D eigenvalue weighted by Crippen LogP contribution is -2.48. The topological polar surface area (TPSA) is 79.4 Å². The molecule has 2 heterocycles. The molecule has 1 atom stereocenters. The van der Waals surface area contributed by atoms with Crippen molar-refractivity contribution in [3.05, 3.63) is 82.4 Å². The molecular formula is C38H44ClN3O5. The number of fused-ring (bicyclic) bond motifs is 1. The molecular weight excluding hydrogens is 614 g/mol. The highest BCUT2D eigenvalue weighted by Gasteiger charge is 2.37. The maximum absolute atomic E-state index is 13.9. The van der Waals surface area contributed by atoms with Crippen LogP contribution in [0, 0.1) is 5.92 Å². The molecule has 0 spiro atoms. The zero-order valence-corrected chi connectivity index (χ0v) is 28.5. The predicted octanol–water partition coefficient (Wildman–Crippen LogP) is 7.00. The van der Waals surface area contributed by atoms with E-state index in [-0.39, 0.29) is 48.8 Å². The molecule has 1 saturated heterocycles. The van der Waals surface area contributed by atoms with Crippen molar-refractivity contribution >= 4 is 40.6 Å². The molecule has 2 fully saturated rings. The van der Waals surface area contributed by atoms with Gasteiger partial charge in [-0.3, -0.25) is 14.4 Å². The van der Waals surface area contributed by atoms with Crippen molar-refractivity contribution in [3.8, 4) is 11.5 Å². The highest BCUT2D eigenvalue weighted by atomic mass is 35.5. The maximum atomic E-state index is 13.9. The number of halogens is 1. The predicted molar refractivity (Wildman–Crippen MR) is 185 cm³/mol. The number of carbonyl (C=O) groups excluding carboxylic acids is 3. The number of methoxy groups -OCH3 is 1. The number of hydrogen-bond acceptors (Lipinski definition) is 6. The quantitative estimate of drug-likeness (QED) is 0.247. The summed E-state index contributed by atoms with van der Waals surface area (Å²) in [6.45, 7) is 5.15. The van der Waals surface area contributed by atoms with E-state index < -0.39 is 0 Å². The van der Waals surface area contributed by atoms with Gasteiger partial charge in [0.15, 0.2) is 17.3 Å². The Hall–Kier alpha value is -4.04. The Morgan fingerprint density at radius 1 is 0.894 bits per heavy atom. The van der Waals surface area contributed by atoms with Crippen LogP contribution in [0.4, 0.5) is 11.4 Å². The van der Waals surface area contributed by atoms with Gasteiger partial charge in [0.2, 0.25) is 11.8 Å². The molecule has 9 heteroatoms. The number of benzene rings is 3. The second-order valence-corrected chi connectivity index (χ2v) is 13.8. The Kier molecular flexibility index (Phi) is 9.78. The number of anilines is 2. The summed E-state index contributed by atoms with van der Waals surface area (Å²) in [6.07, 6.45) is 4.90. The summed E-state index contributed by atoms with van der Waals surface area (Å²) in [5.74, 6) is 2.09. The smallest absolute Gasteiger partial charge is 0.232 e. The molecule has 0 bridgehead atoms. The molecule has 47 heavy (non-hydrogen) atoms. The molecule has 0 aromatic heterocycles. The minimum atomic E-state index is -0.371. The van der Waals surface area contributed by atoms with E-state index in [0.29, 0.717) is 35.3 Å². The van der Waals surface area contributed by atoms with Gasteiger partial charge in [-0.25, -0.2) is 0 Å². The third-order valence-electron chi connectivity index (χ3n) is 9.78.